The highest BCUT2D eigenvalue weighted by atomic mass is 19.4. The second kappa shape index (κ2) is 9.83. The largest absolute Gasteiger partial charge is 0.542 e. The Balaban J connectivity index is 0.000000423. The van der Waals surface area contributed by atoms with Crippen LogP contribution in [0.4, 0.5) is 18.9 Å². The molecular weight excluding hydrogens is 419 g/mol. The monoisotopic (exact) mass is 437 g/mol. The van der Waals surface area contributed by atoms with Gasteiger partial charge in [0.25, 0.3) is 0 Å². The van der Waals surface area contributed by atoms with Gasteiger partial charge in [0.05, 0.1) is 12.1 Å². The Labute approximate surface area is 173 Å². The van der Waals surface area contributed by atoms with Crippen LogP contribution in [-0.2, 0) is 20.9 Å². The summed E-state index contributed by atoms with van der Waals surface area (Å²) in [6.45, 7) is 2.83. The number of halogens is 3. The number of alkyl halides is 3. The minimum atomic E-state index is -5.19. The zero-order chi connectivity index (χ0) is 23.2. The van der Waals surface area contributed by atoms with Crippen LogP contribution >= 0.6 is 0 Å². The van der Waals surface area contributed by atoms with E-state index in [0.29, 0.717) is 11.2 Å². The number of amides is 1. The van der Waals surface area contributed by atoms with Crippen molar-refractivity contribution in [2.45, 2.75) is 32.5 Å². The summed E-state index contributed by atoms with van der Waals surface area (Å²) in [6, 6.07) is 13.5. The van der Waals surface area contributed by atoms with Crippen LogP contribution in [0.3, 0.4) is 0 Å². The summed E-state index contributed by atoms with van der Waals surface area (Å²) < 4.78 is 33.7. The van der Waals surface area contributed by atoms with E-state index in [9.17, 15) is 22.8 Å². The molecule has 1 heterocycles. The molecule has 0 aliphatic carbocycles. The van der Waals surface area contributed by atoms with Gasteiger partial charge in [0.15, 0.2) is 5.52 Å². The number of carbonyl (C=O) groups excluding carboxylic acids is 2. The summed E-state index contributed by atoms with van der Waals surface area (Å²) in [5, 5.41) is 20.3. The fourth-order valence-electron chi connectivity index (χ4n) is 2.78. The van der Waals surface area contributed by atoms with Gasteiger partial charge in [-0.15, -0.1) is 0 Å². The van der Waals surface area contributed by atoms with Gasteiger partial charge in [0.1, 0.15) is 18.0 Å². The number of aliphatic carboxylic acids is 2. The number of carboxylic acid groups (broad SMARTS) is 2. The average molecular weight is 437 g/mol. The van der Waals surface area contributed by atoms with Gasteiger partial charge in [-0.3, -0.25) is 9.59 Å². The van der Waals surface area contributed by atoms with Gasteiger partial charge in [0.2, 0.25) is 16.9 Å². The number of aromatic nitrogens is 2. The third-order valence-electron chi connectivity index (χ3n) is 4.10. The van der Waals surface area contributed by atoms with Crippen molar-refractivity contribution in [3.8, 4) is 0 Å². The molecule has 3 aromatic rings. The SMILES string of the molecule is CC[n+]1c2ccccc2nc2c(NC(=O)CCC(=O)O)cccc21.O=C([O-])C(F)(F)F. The first-order valence-electron chi connectivity index (χ1n) is 9.05. The molecule has 0 saturated heterocycles. The van der Waals surface area contributed by atoms with Gasteiger partial charge in [-0.1, -0.05) is 18.2 Å². The molecule has 8 nitrogen and oxygen atoms in total. The zero-order valence-corrected chi connectivity index (χ0v) is 16.3. The highest BCUT2D eigenvalue weighted by Gasteiger charge is 2.28. The van der Waals surface area contributed by atoms with Crippen LogP contribution in [-0.4, -0.2) is 34.1 Å². The molecule has 3 rings (SSSR count). The summed E-state index contributed by atoms with van der Waals surface area (Å²) in [4.78, 5) is 36.0. The lowest BCUT2D eigenvalue weighted by Crippen LogP contribution is -2.37. The van der Waals surface area contributed by atoms with Gasteiger partial charge < -0.3 is 20.3 Å². The highest BCUT2D eigenvalue weighted by Crippen LogP contribution is 2.22. The van der Waals surface area contributed by atoms with Gasteiger partial charge in [-0.25, -0.2) is 4.98 Å². The maximum atomic E-state index is 12.0. The molecule has 0 unspecified atom stereocenters. The number of carbonyl (C=O) groups is 3. The maximum Gasteiger partial charge on any atom is 0.430 e. The zero-order valence-electron chi connectivity index (χ0n) is 16.3. The Morgan fingerprint density at radius 2 is 1.68 bits per heavy atom. The summed E-state index contributed by atoms with van der Waals surface area (Å²) in [6.07, 6.45) is -5.45. The van der Waals surface area contributed by atoms with Crippen LogP contribution in [0.15, 0.2) is 42.5 Å². The van der Waals surface area contributed by atoms with E-state index in [4.69, 9.17) is 15.0 Å². The third kappa shape index (κ3) is 6.11. The van der Waals surface area contributed by atoms with Crippen molar-refractivity contribution in [2.24, 2.45) is 0 Å². The first-order valence-corrected chi connectivity index (χ1v) is 9.05. The number of benzene rings is 2. The Kier molecular flexibility index (Phi) is 7.46. The number of fused-ring (bicyclic) bond motifs is 2. The first kappa shape index (κ1) is 23.5. The van der Waals surface area contributed by atoms with E-state index in [1.54, 1.807) is 6.07 Å². The van der Waals surface area contributed by atoms with Crippen LogP contribution in [0.2, 0.25) is 0 Å². The maximum absolute atomic E-state index is 12.0. The van der Waals surface area contributed by atoms with Crippen LogP contribution in [0, 0.1) is 0 Å². The van der Waals surface area contributed by atoms with Crippen molar-refractivity contribution in [3.63, 3.8) is 0 Å². The number of hydrogen-bond donors (Lipinski definition) is 2. The Hall–Kier alpha value is -3.76. The van der Waals surface area contributed by atoms with Gasteiger partial charge in [-0.2, -0.15) is 17.7 Å². The highest BCUT2D eigenvalue weighted by molar-refractivity contribution is 6.00. The molecule has 0 spiro atoms. The van der Waals surface area contributed by atoms with E-state index in [2.05, 4.69) is 21.8 Å². The van der Waals surface area contributed by atoms with Crippen LogP contribution in [0.1, 0.15) is 19.8 Å². The lowest BCUT2D eigenvalue weighted by atomic mass is 10.2. The van der Waals surface area contributed by atoms with Crippen molar-refractivity contribution < 1.29 is 42.3 Å². The van der Waals surface area contributed by atoms with E-state index in [-0.39, 0.29) is 18.7 Å². The quantitative estimate of drug-likeness (QED) is 0.464. The summed E-state index contributed by atoms with van der Waals surface area (Å²) in [7, 11) is 0. The molecule has 0 fully saturated rings. The number of carboxylic acids is 2. The molecule has 0 radical (unpaired) electrons. The van der Waals surface area contributed by atoms with Crippen LogP contribution in [0.5, 0.6) is 0 Å². The Bertz CT molecular complexity index is 1130. The smallest absolute Gasteiger partial charge is 0.430 e. The number of anilines is 1. The molecule has 1 aromatic heterocycles. The molecule has 2 aromatic carbocycles. The molecular formula is C20H18F3N3O5. The topological polar surface area (TPSA) is 123 Å². The normalized spacial score (nSPS) is 11.0. The molecule has 1 amide bonds. The molecule has 164 valence electrons. The van der Waals surface area contributed by atoms with E-state index >= 15 is 0 Å². The molecule has 2 N–H and O–H groups in total. The Morgan fingerprint density at radius 3 is 2.26 bits per heavy atom. The average Bonchev–Trinajstić information content (AvgIpc) is 2.70. The number of aryl methyl sites for hydroxylation is 1. The van der Waals surface area contributed by atoms with Crippen LogP contribution in [0.25, 0.3) is 22.1 Å². The first-order chi connectivity index (χ1) is 14.5. The van der Waals surface area contributed by atoms with Crippen molar-refractivity contribution >= 4 is 45.6 Å². The van der Waals surface area contributed by atoms with E-state index in [1.165, 1.54) is 0 Å². The van der Waals surface area contributed by atoms with Gasteiger partial charge >= 0.3 is 12.1 Å². The van der Waals surface area contributed by atoms with Crippen molar-refractivity contribution in [2.75, 3.05) is 5.32 Å². The summed E-state index contributed by atoms with van der Waals surface area (Å²) in [5.41, 5.74) is 4.09. The van der Waals surface area contributed by atoms with Gasteiger partial charge in [0, 0.05) is 18.6 Å². The molecule has 0 aliphatic rings. The summed E-state index contributed by atoms with van der Waals surface area (Å²) >= 11 is 0. The number of para-hydroxylation sites is 3. The fraction of sp³-hybridized carbons (Fsp3) is 0.250. The number of rotatable bonds is 5. The molecule has 31 heavy (non-hydrogen) atoms. The Morgan fingerprint density at radius 1 is 1.06 bits per heavy atom. The lowest BCUT2D eigenvalue weighted by molar-refractivity contribution is -0.641. The lowest BCUT2D eigenvalue weighted by Gasteiger charge is -2.08. The molecule has 0 saturated carbocycles. The standard InChI is InChI=1S/C18H17N3O3.C2HF3O2/c1-2-21-14-8-4-3-6-12(14)20-18-13(7-5-9-15(18)21)19-16(22)10-11-17(23)24;3-2(4,5)1(6)7/h3-9H,2,10-11H2,1H3,(H,23,24);(H,6,7). The predicted molar refractivity (Wildman–Crippen MR) is 102 cm³/mol. The molecule has 0 atom stereocenters. The van der Waals surface area contributed by atoms with Crippen molar-refractivity contribution in [3.05, 3.63) is 42.5 Å². The third-order valence-corrected chi connectivity index (χ3v) is 4.10. The molecule has 0 aliphatic heterocycles. The fourth-order valence-corrected chi connectivity index (χ4v) is 2.78. The van der Waals surface area contributed by atoms with E-state index in [0.717, 1.165) is 23.1 Å². The number of nitrogens with zero attached hydrogens (tertiary/aromatic N) is 2. The minimum absolute atomic E-state index is 0.0624. The van der Waals surface area contributed by atoms with Crippen LogP contribution < -0.4 is 15.0 Å². The number of hydrogen-bond acceptors (Lipinski definition) is 5. The van der Waals surface area contributed by atoms with E-state index < -0.39 is 18.1 Å². The summed E-state index contributed by atoms with van der Waals surface area (Å²) in [5.74, 6) is -4.33. The predicted octanol–water partition coefficient (Wildman–Crippen LogP) is 1.80. The minimum Gasteiger partial charge on any atom is -0.542 e. The number of nitrogens with one attached hydrogen (secondary N) is 1. The van der Waals surface area contributed by atoms with Crippen molar-refractivity contribution in [1.29, 1.82) is 0 Å². The molecule has 11 heteroatoms. The second-order valence-corrected chi connectivity index (χ2v) is 6.25. The van der Waals surface area contributed by atoms with E-state index in [1.807, 2.05) is 36.4 Å². The second-order valence-electron chi connectivity index (χ2n) is 6.25. The van der Waals surface area contributed by atoms with Crippen molar-refractivity contribution in [1.82, 2.24) is 4.98 Å². The van der Waals surface area contributed by atoms with Gasteiger partial charge in [-0.05, 0) is 19.1 Å². The molecule has 0 bridgehead atoms.